The lowest BCUT2D eigenvalue weighted by atomic mass is 9.97. The van der Waals surface area contributed by atoms with E-state index in [1.807, 2.05) is 7.05 Å². The molecule has 2 fully saturated rings. The molecule has 0 aromatic carbocycles. The summed E-state index contributed by atoms with van der Waals surface area (Å²) in [5, 5.41) is 3.20. The first-order valence-electron chi connectivity index (χ1n) is 7.33. The molecule has 0 aromatic rings. The number of nitrogens with zero attached hydrogens (tertiary/aromatic N) is 1. The molecule has 2 atom stereocenters. The normalized spacial score (nSPS) is 31.0. The summed E-state index contributed by atoms with van der Waals surface area (Å²) in [4.78, 5) is 2.57. The van der Waals surface area contributed by atoms with Crippen molar-refractivity contribution in [3.63, 3.8) is 0 Å². The smallest absolute Gasteiger partial charge is 0.0707 e. The van der Waals surface area contributed by atoms with Gasteiger partial charge in [0.2, 0.25) is 0 Å². The van der Waals surface area contributed by atoms with Crippen LogP contribution in [0.1, 0.15) is 25.7 Å². The van der Waals surface area contributed by atoms with Crippen molar-refractivity contribution in [3.8, 4) is 0 Å². The molecule has 0 spiro atoms. The Kier molecular flexibility index (Phi) is 5.89. The minimum atomic E-state index is 0.436. The van der Waals surface area contributed by atoms with E-state index >= 15 is 0 Å². The van der Waals surface area contributed by atoms with Crippen LogP contribution in [0.15, 0.2) is 0 Å². The van der Waals surface area contributed by atoms with E-state index < -0.39 is 0 Å². The summed E-state index contributed by atoms with van der Waals surface area (Å²) in [7, 11) is 3.80. The van der Waals surface area contributed by atoms with Gasteiger partial charge in [-0.25, -0.2) is 0 Å². The summed E-state index contributed by atoms with van der Waals surface area (Å²) in [6.07, 6.45) is 5.89. The maximum absolute atomic E-state index is 6.05. The second kappa shape index (κ2) is 7.43. The largest absolute Gasteiger partial charge is 0.384 e. The number of methoxy groups -OCH3 is 1. The Morgan fingerprint density at radius 3 is 2.56 bits per heavy atom. The molecule has 4 heteroatoms. The van der Waals surface area contributed by atoms with E-state index in [9.17, 15) is 0 Å². The molecule has 0 saturated carbocycles. The summed E-state index contributed by atoms with van der Waals surface area (Å²) in [6.45, 7) is 5.47. The van der Waals surface area contributed by atoms with Gasteiger partial charge in [0.15, 0.2) is 0 Å². The minimum absolute atomic E-state index is 0.436. The number of hydrogen-bond donors (Lipinski definition) is 1. The van der Waals surface area contributed by atoms with Crippen molar-refractivity contribution in [1.29, 1.82) is 0 Å². The maximum atomic E-state index is 6.05. The van der Waals surface area contributed by atoms with Gasteiger partial charge in [0.25, 0.3) is 0 Å². The number of likely N-dealkylation sites (tertiary alicyclic amines) is 1. The van der Waals surface area contributed by atoms with E-state index in [0.29, 0.717) is 12.2 Å². The molecule has 1 N–H and O–H groups in total. The van der Waals surface area contributed by atoms with Crippen molar-refractivity contribution in [3.05, 3.63) is 0 Å². The molecular formula is C14H28N2O2. The Hall–Kier alpha value is -0.160. The first kappa shape index (κ1) is 14.3. The number of rotatable bonds is 6. The second-order valence-corrected chi connectivity index (χ2v) is 5.71. The van der Waals surface area contributed by atoms with Gasteiger partial charge in [0.1, 0.15) is 0 Å². The van der Waals surface area contributed by atoms with Gasteiger partial charge >= 0.3 is 0 Å². The fourth-order valence-corrected chi connectivity index (χ4v) is 3.15. The third-order valence-electron chi connectivity index (χ3n) is 4.20. The van der Waals surface area contributed by atoms with Gasteiger partial charge < -0.3 is 19.7 Å². The third kappa shape index (κ3) is 4.19. The van der Waals surface area contributed by atoms with Gasteiger partial charge in [-0.3, -0.25) is 0 Å². The van der Waals surface area contributed by atoms with Gasteiger partial charge in [-0.1, -0.05) is 0 Å². The van der Waals surface area contributed by atoms with E-state index in [1.54, 1.807) is 7.11 Å². The molecule has 0 bridgehead atoms. The zero-order chi connectivity index (χ0) is 12.8. The van der Waals surface area contributed by atoms with Crippen molar-refractivity contribution >= 4 is 0 Å². The quantitative estimate of drug-likeness (QED) is 0.772. The van der Waals surface area contributed by atoms with Crippen LogP contribution in [-0.2, 0) is 9.47 Å². The van der Waals surface area contributed by atoms with Crippen LogP contribution in [0, 0.1) is 5.92 Å². The van der Waals surface area contributed by atoms with Crippen LogP contribution in [0.25, 0.3) is 0 Å². The van der Waals surface area contributed by atoms with Crippen molar-refractivity contribution in [2.24, 2.45) is 5.92 Å². The Morgan fingerprint density at radius 1 is 1.17 bits per heavy atom. The van der Waals surface area contributed by atoms with Crippen LogP contribution in [0.4, 0.5) is 0 Å². The predicted molar refractivity (Wildman–Crippen MR) is 72.9 cm³/mol. The maximum Gasteiger partial charge on any atom is 0.0707 e. The lowest BCUT2D eigenvalue weighted by molar-refractivity contribution is 0.0132. The van der Waals surface area contributed by atoms with Gasteiger partial charge in [-0.05, 0) is 51.7 Å². The molecule has 4 nitrogen and oxygen atoms in total. The standard InChI is InChI=1S/C14H28N2O2/c1-15-9-13-3-4-14(18-13)10-16-7-5-12(6-8-16)11-17-2/h12-15H,3-11H2,1-2H3. The molecule has 2 rings (SSSR count). The lowest BCUT2D eigenvalue weighted by Crippen LogP contribution is -2.40. The highest BCUT2D eigenvalue weighted by Gasteiger charge is 2.28. The van der Waals surface area contributed by atoms with Crippen LogP contribution in [0.2, 0.25) is 0 Å². The predicted octanol–water partition coefficient (Wildman–Crippen LogP) is 1.11. The molecule has 106 valence electrons. The average molecular weight is 256 g/mol. The fraction of sp³-hybridized carbons (Fsp3) is 1.00. The summed E-state index contributed by atoms with van der Waals surface area (Å²) in [6, 6.07) is 0. The highest BCUT2D eigenvalue weighted by atomic mass is 16.5. The zero-order valence-corrected chi connectivity index (χ0v) is 11.9. The second-order valence-electron chi connectivity index (χ2n) is 5.71. The Morgan fingerprint density at radius 2 is 1.89 bits per heavy atom. The van der Waals surface area contributed by atoms with Crippen LogP contribution in [0.3, 0.4) is 0 Å². The van der Waals surface area contributed by atoms with Crippen molar-refractivity contribution in [2.45, 2.75) is 37.9 Å². The fourth-order valence-electron chi connectivity index (χ4n) is 3.15. The van der Waals surface area contributed by atoms with Crippen LogP contribution in [0.5, 0.6) is 0 Å². The zero-order valence-electron chi connectivity index (χ0n) is 11.9. The molecule has 0 amide bonds. The van der Waals surface area contributed by atoms with E-state index in [-0.39, 0.29) is 0 Å². The monoisotopic (exact) mass is 256 g/mol. The number of ether oxygens (including phenoxy) is 2. The molecule has 0 aromatic heterocycles. The molecule has 2 aliphatic rings. The first-order valence-corrected chi connectivity index (χ1v) is 7.33. The summed E-state index contributed by atoms with van der Waals surface area (Å²) < 4.78 is 11.3. The highest BCUT2D eigenvalue weighted by Crippen LogP contribution is 2.23. The molecule has 18 heavy (non-hydrogen) atoms. The number of hydrogen-bond acceptors (Lipinski definition) is 4. The van der Waals surface area contributed by atoms with Gasteiger partial charge in [0.05, 0.1) is 12.2 Å². The Bertz CT molecular complexity index is 230. The molecule has 2 unspecified atom stereocenters. The molecule has 0 radical (unpaired) electrons. The van der Waals surface area contributed by atoms with Crippen LogP contribution >= 0.6 is 0 Å². The molecular weight excluding hydrogens is 228 g/mol. The molecule has 0 aliphatic carbocycles. The van der Waals surface area contributed by atoms with Crippen LogP contribution in [-0.4, -0.2) is 64.1 Å². The van der Waals surface area contributed by atoms with Crippen molar-refractivity contribution in [1.82, 2.24) is 10.2 Å². The van der Waals surface area contributed by atoms with Crippen molar-refractivity contribution in [2.75, 3.05) is 46.9 Å². The highest BCUT2D eigenvalue weighted by molar-refractivity contribution is 4.80. The Labute approximate surface area is 111 Å². The number of nitrogens with one attached hydrogen (secondary N) is 1. The summed E-state index contributed by atoms with van der Waals surface area (Å²) in [5.41, 5.74) is 0. The number of piperidine rings is 1. The van der Waals surface area contributed by atoms with Gasteiger partial charge in [-0.2, -0.15) is 0 Å². The van der Waals surface area contributed by atoms with E-state index in [1.165, 1.54) is 38.8 Å². The minimum Gasteiger partial charge on any atom is -0.384 e. The van der Waals surface area contributed by atoms with Gasteiger partial charge in [-0.15, -0.1) is 0 Å². The van der Waals surface area contributed by atoms with Crippen molar-refractivity contribution < 1.29 is 9.47 Å². The van der Waals surface area contributed by atoms with Gasteiger partial charge in [0, 0.05) is 26.8 Å². The molecule has 2 aliphatic heterocycles. The lowest BCUT2D eigenvalue weighted by Gasteiger charge is -2.33. The topological polar surface area (TPSA) is 33.7 Å². The SMILES string of the molecule is CNCC1CCC(CN2CCC(COC)CC2)O1. The van der Waals surface area contributed by atoms with E-state index in [4.69, 9.17) is 9.47 Å². The molecule has 2 heterocycles. The Balaban J connectivity index is 1.63. The summed E-state index contributed by atoms with van der Waals surface area (Å²) in [5.74, 6) is 0.771. The first-order chi connectivity index (χ1) is 8.81. The summed E-state index contributed by atoms with van der Waals surface area (Å²) >= 11 is 0. The van der Waals surface area contributed by atoms with E-state index in [2.05, 4.69) is 10.2 Å². The van der Waals surface area contributed by atoms with Crippen LogP contribution < -0.4 is 5.32 Å². The average Bonchev–Trinajstić information content (AvgIpc) is 2.80. The molecule has 2 saturated heterocycles. The number of likely N-dealkylation sites (N-methyl/N-ethyl adjacent to an activating group) is 1. The van der Waals surface area contributed by atoms with E-state index in [0.717, 1.165) is 25.6 Å². The third-order valence-corrected chi connectivity index (χ3v) is 4.20.